The predicted octanol–water partition coefficient (Wildman–Crippen LogP) is 3.09. The van der Waals surface area contributed by atoms with Gasteiger partial charge in [0.25, 0.3) is 0 Å². The van der Waals surface area contributed by atoms with Crippen LogP contribution in [0.25, 0.3) is 10.2 Å². The van der Waals surface area contributed by atoms with Crippen molar-refractivity contribution >= 4 is 33.3 Å². The zero-order valence-corrected chi connectivity index (χ0v) is 13.7. The molecule has 3 aromatic rings. The normalized spacial score (nSPS) is 12.0. The fourth-order valence-corrected chi connectivity index (χ4v) is 3.76. The molecule has 1 aromatic carbocycles. The number of aliphatic hydroxyl groups excluding tert-OH is 1. The number of hydrogen-bond donors (Lipinski definition) is 1. The quantitative estimate of drug-likeness (QED) is 0.547. The topological polar surface area (TPSA) is 79.0 Å². The number of thioether (sulfide) groups is 1. The number of benzene rings is 1. The van der Waals surface area contributed by atoms with Crippen molar-refractivity contribution in [1.82, 2.24) is 9.97 Å². The molecule has 5 nitrogen and oxygen atoms in total. The lowest BCUT2D eigenvalue weighted by Gasteiger charge is -2.12. The summed E-state index contributed by atoms with van der Waals surface area (Å²) in [6.45, 7) is 0.192. The molecule has 0 aliphatic heterocycles. The van der Waals surface area contributed by atoms with Crippen LogP contribution >= 0.6 is 23.1 Å². The second kappa shape index (κ2) is 7.42. The average molecular weight is 343 g/mol. The van der Waals surface area contributed by atoms with Crippen LogP contribution < -0.4 is 4.74 Å². The lowest BCUT2D eigenvalue weighted by molar-refractivity contribution is 0.126. The van der Waals surface area contributed by atoms with Gasteiger partial charge in [0.15, 0.2) is 0 Å². The third-order valence-corrected chi connectivity index (χ3v) is 5.22. The zero-order chi connectivity index (χ0) is 16.1. The molecular formula is C16H13N3O2S2. The number of hydrogen-bond acceptors (Lipinski definition) is 7. The molecule has 7 heteroatoms. The van der Waals surface area contributed by atoms with Gasteiger partial charge >= 0.3 is 0 Å². The summed E-state index contributed by atoms with van der Waals surface area (Å²) in [5, 5.41) is 21.7. The summed E-state index contributed by atoms with van der Waals surface area (Å²) in [7, 11) is 0. The van der Waals surface area contributed by atoms with Crippen molar-refractivity contribution in [3.8, 4) is 11.8 Å². The van der Waals surface area contributed by atoms with E-state index in [0.717, 1.165) is 15.2 Å². The average Bonchev–Trinajstić information content (AvgIpc) is 3.07. The smallest absolute Gasteiger partial charge is 0.119 e. The molecule has 1 N–H and O–H groups in total. The molecule has 23 heavy (non-hydrogen) atoms. The van der Waals surface area contributed by atoms with Crippen LogP contribution in [0.2, 0.25) is 0 Å². The fourth-order valence-electron chi connectivity index (χ4n) is 1.91. The highest BCUT2D eigenvalue weighted by Crippen LogP contribution is 2.29. The summed E-state index contributed by atoms with van der Waals surface area (Å²) in [6, 6.07) is 10.8. The maximum absolute atomic E-state index is 10.1. The largest absolute Gasteiger partial charge is 0.491 e. The molecule has 1 atom stereocenters. The number of thiophene rings is 1. The monoisotopic (exact) mass is 343 g/mol. The first kappa shape index (κ1) is 15.7. The summed E-state index contributed by atoms with van der Waals surface area (Å²) >= 11 is 3.08. The lowest BCUT2D eigenvalue weighted by Crippen LogP contribution is -2.20. The van der Waals surface area contributed by atoms with Crippen molar-refractivity contribution in [3.05, 3.63) is 47.6 Å². The number of nitrogens with zero attached hydrogens (tertiary/aromatic N) is 3. The van der Waals surface area contributed by atoms with Gasteiger partial charge in [0, 0.05) is 5.75 Å². The molecule has 116 valence electrons. The minimum Gasteiger partial charge on any atom is -0.491 e. The van der Waals surface area contributed by atoms with Crippen LogP contribution in [0.15, 0.2) is 47.1 Å². The van der Waals surface area contributed by atoms with Crippen LogP contribution in [0, 0.1) is 11.3 Å². The van der Waals surface area contributed by atoms with Crippen LogP contribution in [0.5, 0.6) is 5.75 Å². The Bertz CT molecular complexity index is 827. The van der Waals surface area contributed by atoms with E-state index in [1.807, 2.05) is 11.4 Å². The SMILES string of the molecule is N#Cc1ccc(OCC(O)CSc2ncnc3ccsc23)cc1. The molecule has 0 bridgehead atoms. The summed E-state index contributed by atoms with van der Waals surface area (Å²) in [5.74, 6) is 1.12. The van der Waals surface area contributed by atoms with E-state index in [0.29, 0.717) is 17.1 Å². The standard InChI is InChI=1S/C16H13N3O2S2/c17-7-11-1-3-13(4-2-11)21-8-12(20)9-23-16-15-14(5-6-22-15)18-10-19-16/h1-6,10,12,20H,8-9H2. The molecule has 0 radical (unpaired) electrons. The Morgan fingerprint density at radius 3 is 2.87 bits per heavy atom. The molecule has 0 saturated heterocycles. The number of fused-ring (bicyclic) bond motifs is 1. The van der Waals surface area contributed by atoms with Gasteiger partial charge < -0.3 is 9.84 Å². The molecular weight excluding hydrogens is 330 g/mol. The van der Waals surface area contributed by atoms with E-state index < -0.39 is 6.10 Å². The van der Waals surface area contributed by atoms with E-state index >= 15 is 0 Å². The second-order valence-corrected chi connectivity index (χ2v) is 6.65. The van der Waals surface area contributed by atoms with Crippen LogP contribution in [0.3, 0.4) is 0 Å². The van der Waals surface area contributed by atoms with Gasteiger partial charge in [-0.25, -0.2) is 9.97 Å². The fraction of sp³-hybridized carbons (Fsp3) is 0.188. The molecule has 0 spiro atoms. The molecule has 0 saturated carbocycles. The Kier molecular flexibility index (Phi) is 5.08. The van der Waals surface area contributed by atoms with E-state index in [1.165, 1.54) is 18.1 Å². The highest BCUT2D eigenvalue weighted by atomic mass is 32.2. The molecule has 1 unspecified atom stereocenters. The van der Waals surface area contributed by atoms with Gasteiger partial charge in [0.1, 0.15) is 23.7 Å². The number of aromatic nitrogens is 2. The Hall–Kier alpha value is -2.14. The maximum Gasteiger partial charge on any atom is 0.119 e. The van der Waals surface area contributed by atoms with Crippen molar-refractivity contribution in [3.63, 3.8) is 0 Å². The van der Waals surface area contributed by atoms with Crippen molar-refractivity contribution in [2.45, 2.75) is 11.1 Å². The molecule has 0 fully saturated rings. The van der Waals surface area contributed by atoms with Gasteiger partial charge in [0.2, 0.25) is 0 Å². The Balaban J connectivity index is 1.52. The minimum absolute atomic E-state index is 0.192. The third-order valence-electron chi connectivity index (χ3n) is 3.05. The van der Waals surface area contributed by atoms with Gasteiger partial charge in [-0.3, -0.25) is 0 Å². The van der Waals surface area contributed by atoms with Gasteiger partial charge in [-0.2, -0.15) is 5.26 Å². The first-order valence-electron chi connectivity index (χ1n) is 6.88. The first-order valence-corrected chi connectivity index (χ1v) is 8.75. The Morgan fingerprint density at radius 2 is 2.09 bits per heavy atom. The number of aliphatic hydroxyl groups is 1. The van der Waals surface area contributed by atoms with Gasteiger partial charge in [-0.15, -0.1) is 23.1 Å². The van der Waals surface area contributed by atoms with E-state index in [9.17, 15) is 5.11 Å². The van der Waals surface area contributed by atoms with Crippen molar-refractivity contribution in [2.24, 2.45) is 0 Å². The molecule has 3 rings (SSSR count). The van der Waals surface area contributed by atoms with Crippen LogP contribution in [-0.4, -0.2) is 33.5 Å². The van der Waals surface area contributed by atoms with E-state index in [-0.39, 0.29) is 6.61 Å². The lowest BCUT2D eigenvalue weighted by atomic mass is 10.2. The molecule has 0 amide bonds. The number of rotatable bonds is 6. The molecule has 2 heterocycles. The minimum atomic E-state index is -0.611. The number of ether oxygens (including phenoxy) is 1. The van der Waals surface area contributed by atoms with Gasteiger partial charge in [-0.1, -0.05) is 0 Å². The first-order chi connectivity index (χ1) is 11.3. The second-order valence-electron chi connectivity index (χ2n) is 4.73. The van der Waals surface area contributed by atoms with Crippen molar-refractivity contribution < 1.29 is 9.84 Å². The van der Waals surface area contributed by atoms with E-state index in [1.54, 1.807) is 35.6 Å². The maximum atomic E-state index is 10.1. The molecule has 0 aliphatic rings. The van der Waals surface area contributed by atoms with Crippen LogP contribution in [0.4, 0.5) is 0 Å². The summed E-state index contributed by atoms with van der Waals surface area (Å²) in [6.07, 6.45) is 0.928. The predicted molar refractivity (Wildman–Crippen MR) is 90.8 cm³/mol. The van der Waals surface area contributed by atoms with Gasteiger partial charge in [-0.05, 0) is 35.7 Å². The third kappa shape index (κ3) is 3.99. The number of nitriles is 1. The summed E-state index contributed by atoms with van der Waals surface area (Å²) in [4.78, 5) is 8.46. The highest BCUT2D eigenvalue weighted by molar-refractivity contribution is 7.99. The Morgan fingerprint density at radius 1 is 1.26 bits per heavy atom. The van der Waals surface area contributed by atoms with Crippen LogP contribution in [-0.2, 0) is 0 Å². The molecule has 0 aliphatic carbocycles. The van der Waals surface area contributed by atoms with Crippen molar-refractivity contribution in [2.75, 3.05) is 12.4 Å². The van der Waals surface area contributed by atoms with E-state index in [2.05, 4.69) is 16.0 Å². The zero-order valence-electron chi connectivity index (χ0n) is 12.0. The summed E-state index contributed by atoms with van der Waals surface area (Å²) in [5.41, 5.74) is 1.51. The molecule has 2 aromatic heterocycles. The van der Waals surface area contributed by atoms with E-state index in [4.69, 9.17) is 10.00 Å². The summed E-state index contributed by atoms with van der Waals surface area (Å²) < 4.78 is 6.56. The van der Waals surface area contributed by atoms with Crippen LogP contribution in [0.1, 0.15) is 5.56 Å². The van der Waals surface area contributed by atoms with Gasteiger partial charge in [0.05, 0.1) is 28.0 Å². The highest BCUT2D eigenvalue weighted by Gasteiger charge is 2.10. The van der Waals surface area contributed by atoms with Crippen molar-refractivity contribution in [1.29, 1.82) is 5.26 Å². The Labute approximate surface area is 141 Å².